The number of likely N-dealkylation sites (tertiary alicyclic amines) is 1. The molecule has 1 unspecified atom stereocenters. The number of pyridine rings is 1. The Balaban J connectivity index is 1.29. The summed E-state index contributed by atoms with van der Waals surface area (Å²) in [6.07, 6.45) is 2.88. The second-order valence-electron chi connectivity index (χ2n) is 7.19. The van der Waals surface area contributed by atoms with Crippen LogP contribution in [-0.2, 0) is 22.6 Å². The van der Waals surface area contributed by atoms with Crippen molar-refractivity contribution in [1.29, 1.82) is 0 Å². The predicted molar refractivity (Wildman–Crippen MR) is 99.0 cm³/mol. The Hall–Kier alpha value is -1.95. The number of ether oxygens (including phenoxy) is 3. The van der Waals surface area contributed by atoms with Gasteiger partial charge in [0.15, 0.2) is 0 Å². The van der Waals surface area contributed by atoms with Gasteiger partial charge in [-0.3, -0.25) is 9.88 Å². The lowest BCUT2D eigenvalue weighted by atomic mass is 9.81. The number of aromatic nitrogens is 1. The molecule has 2 aromatic rings. The van der Waals surface area contributed by atoms with E-state index in [1.165, 1.54) is 5.56 Å². The summed E-state index contributed by atoms with van der Waals surface area (Å²) in [4.78, 5) is 6.74. The van der Waals surface area contributed by atoms with Crippen LogP contribution in [0, 0.1) is 5.92 Å². The minimum atomic E-state index is -0.0356. The van der Waals surface area contributed by atoms with Crippen LogP contribution in [0.1, 0.15) is 17.7 Å². The summed E-state index contributed by atoms with van der Waals surface area (Å²) in [5.41, 5.74) is 2.17. The smallest absolute Gasteiger partial charge is 0.123 e. The standard InChI is InChI=1S/C21H26N2O3/c1-24-20-8-3-2-6-17(20)12-23-15-21(16-23)18(9-11-26-21)13-25-14-19-7-4-5-10-22-19/h2-8,10,18H,9,11-16H2,1H3. The Morgan fingerprint density at radius 2 is 2.04 bits per heavy atom. The van der Waals surface area contributed by atoms with E-state index in [2.05, 4.69) is 22.0 Å². The van der Waals surface area contributed by atoms with Gasteiger partial charge >= 0.3 is 0 Å². The van der Waals surface area contributed by atoms with Gasteiger partial charge in [0.2, 0.25) is 0 Å². The molecule has 2 saturated heterocycles. The second-order valence-corrected chi connectivity index (χ2v) is 7.19. The van der Waals surface area contributed by atoms with Crippen molar-refractivity contribution in [2.45, 2.75) is 25.2 Å². The molecule has 0 radical (unpaired) electrons. The molecule has 2 aliphatic heterocycles. The van der Waals surface area contributed by atoms with Gasteiger partial charge in [0.05, 0.1) is 31.6 Å². The second kappa shape index (κ2) is 7.74. The van der Waals surface area contributed by atoms with E-state index in [4.69, 9.17) is 14.2 Å². The molecule has 0 aliphatic carbocycles. The molecule has 2 fully saturated rings. The van der Waals surface area contributed by atoms with E-state index in [-0.39, 0.29) is 5.60 Å². The van der Waals surface area contributed by atoms with Gasteiger partial charge in [-0.05, 0) is 24.6 Å². The fourth-order valence-electron chi connectivity index (χ4n) is 4.06. The third-order valence-electron chi connectivity index (χ3n) is 5.46. The minimum Gasteiger partial charge on any atom is -0.496 e. The Bertz CT molecular complexity index is 716. The van der Waals surface area contributed by atoms with Crippen molar-refractivity contribution < 1.29 is 14.2 Å². The van der Waals surface area contributed by atoms with E-state index in [1.54, 1.807) is 13.3 Å². The zero-order valence-electron chi connectivity index (χ0n) is 15.3. The topological polar surface area (TPSA) is 43.8 Å². The van der Waals surface area contributed by atoms with E-state index < -0.39 is 0 Å². The lowest BCUT2D eigenvalue weighted by Gasteiger charge is -2.50. The van der Waals surface area contributed by atoms with Crippen LogP contribution in [0.4, 0.5) is 0 Å². The van der Waals surface area contributed by atoms with Crippen molar-refractivity contribution in [3.8, 4) is 5.75 Å². The number of nitrogens with zero attached hydrogens (tertiary/aromatic N) is 2. The summed E-state index contributed by atoms with van der Waals surface area (Å²) < 4.78 is 17.6. The summed E-state index contributed by atoms with van der Waals surface area (Å²) in [5, 5.41) is 0. The SMILES string of the molecule is COc1ccccc1CN1CC2(C1)OCCC2COCc1ccccn1. The normalized spacial score (nSPS) is 21.7. The lowest BCUT2D eigenvalue weighted by Crippen LogP contribution is -2.64. The zero-order chi connectivity index (χ0) is 17.8. The van der Waals surface area contributed by atoms with Crippen LogP contribution in [0.3, 0.4) is 0 Å². The number of para-hydroxylation sites is 1. The maximum atomic E-state index is 6.15. The molecule has 3 heterocycles. The molecule has 26 heavy (non-hydrogen) atoms. The number of methoxy groups -OCH3 is 1. The van der Waals surface area contributed by atoms with E-state index in [9.17, 15) is 0 Å². The van der Waals surface area contributed by atoms with Gasteiger partial charge < -0.3 is 14.2 Å². The van der Waals surface area contributed by atoms with Gasteiger partial charge in [-0.25, -0.2) is 0 Å². The van der Waals surface area contributed by atoms with Crippen molar-refractivity contribution in [2.24, 2.45) is 5.92 Å². The van der Waals surface area contributed by atoms with Gasteiger partial charge in [-0.15, -0.1) is 0 Å². The molecule has 1 atom stereocenters. The van der Waals surface area contributed by atoms with Crippen LogP contribution < -0.4 is 4.74 Å². The molecule has 1 aromatic carbocycles. The van der Waals surface area contributed by atoms with Crippen LogP contribution in [0.15, 0.2) is 48.7 Å². The van der Waals surface area contributed by atoms with Crippen molar-refractivity contribution in [3.05, 3.63) is 59.9 Å². The van der Waals surface area contributed by atoms with Crippen LogP contribution in [-0.4, -0.2) is 48.9 Å². The van der Waals surface area contributed by atoms with Crippen molar-refractivity contribution >= 4 is 0 Å². The average molecular weight is 354 g/mol. The highest BCUT2D eigenvalue weighted by molar-refractivity contribution is 5.33. The van der Waals surface area contributed by atoms with Crippen molar-refractivity contribution in [3.63, 3.8) is 0 Å². The number of hydrogen-bond acceptors (Lipinski definition) is 5. The number of rotatable bonds is 7. The quantitative estimate of drug-likeness (QED) is 0.765. The van der Waals surface area contributed by atoms with Gasteiger partial charge in [0, 0.05) is 43.9 Å². The maximum Gasteiger partial charge on any atom is 0.123 e. The Labute approximate surface area is 154 Å². The molecule has 0 amide bonds. The number of benzene rings is 1. The summed E-state index contributed by atoms with van der Waals surface area (Å²) in [6.45, 7) is 4.96. The molecular weight excluding hydrogens is 328 g/mol. The molecule has 1 aromatic heterocycles. The first kappa shape index (κ1) is 17.5. The summed E-state index contributed by atoms with van der Waals surface area (Å²) in [7, 11) is 1.73. The first-order valence-corrected chi connectivity index (χ1v) is 9.25. The Morgan fingerprint density at radius 3 is 2.85 bits per heavy atom. The Kier molecular flexibility index (Phi) is 5.20. The molecule has 4 rings (SSSR count). The van der Waals surface area contributed by atoms with E-state index in [0.717, 1.165) is 50.7 Å². The summed E-state index contributed by atoms with van der Waals surface area (Å²) in [5.74, 6) is 1.41. The average Bonchev–Trinajstić information content (AvgIpc) is 3.07. The first-order valence-electron chi connectivity index (χ1n) is 9.25. The molecule has 2 aliphatic rings. The number of hydrogen-bond donors (Lipinski definition) is 0. The predicted octanol–water partition coefficient (Wildman–Crippen LogP) is 2.90. The van der Waals surface area contributed by atoms with Gasteiger partial charge in [0.25, 0.3) is 0 Å². The third kappa shape index (κ3) is 3.61. The highest BCUT2D eigenvalue weighted by Crippen LogP contribution is 2.41. The summed E-state index contributed by atoms with van der Waals surface area (Å²) >= 11 is 0. The van der Waals surface area contributed by atoms with Gasteiger partial charge in [-0.2, -0.15) is 0 Å². The molecule has 5 nitrogen and oxygen atoms in total. The van der Waals surface area contributed by atoms with Crippen molar-refractivity contribution in [1.82, 2.24) is 9.88 Å². The highest BCUT2D eigenvalue weighted by atomic mass is 16.5. The van der Waals surface area contributed by atoms with Crippen LogP contribution >= 0.6 is 0 Å². The molecule has 0 bridgehead atoms. The van der Waals surface area contributed by atoms with E-state index >= 15 is 0 Å². The fraction of sp³-hybridized carbons (Fsp3) is 0.476. The van der Waals surface area contributed by atoms with E-state index in [0.29, 0.717) is 12.5 Å². The molecular formula is C21H26N2O3. The molecule has 0 saturated carbocycles. The summed E-state index contributed by atoms with van der Waals surface area (Å²) in [6, 6.07) is 14.1. The lowest BCUT2D eigenvalue weighted by molar-refractivity contribution is -0.146. The molecule has 0 N–H and O–H groups in total. The Morgan fingerprint density at radius 1 is 1.19 bits per heavy atom. The van der Waals surface area contributed by atoms with Crippen molar-refractivity contribution in [2.75, 3.05) is 33.4 Å². The molecule has 5 heteroatoms. The fourth-order valence-corrected chi connectivity index (χ4v) is 4.06. The highest BCUT2D eigenvalue weighted by Gasteiger charge is 2.52. The van der Waals surface area contributed by atoms with Gasteiger partial charge in [0.1, 0.15) is 5.75 Å². The maximum absolute atomic E-state index is 6.15. The third-order valence-corrected chi connectivity index (χ3v) is 5.46. The largest absolute Gasteiger partial charge is 0.496 e. The molecule has 138 valence electrons. The minimum absolute atomic E-state index is 0.0356. The van der Waals surface area contributed by atoms with Gasteiger partial charge in [-0.1, -0.05) is 24.3 Å². The van der Waals surface area contributed by atoms with E-state index in [1.807, 2.05) is 30.3 Å². The van der Waals surface area contributed by atoms with Crippen LogP contribution in [0.5, 0.6) is 5.75 Å². The first-order chi connectivity index (χ1) is 12.8. The monoisotopic (exact) mass is 354 g/mol. The van der Waals surface area contributed by atoms with Crippen LogP contribution in [0.25, 0.3) is 0 Å². The zero-order valence-corrected chi connectivity index (χ0v) is 15.3. The van der Waals surface area contributed by atoms with Crippen LogP contribution in [0.2, 0.25) is 0 Å². The molecule has 1 spiro atoms.